The second kappa shape index (κ2) is 3.86. The molecule has 2 rings (SSSR count). The minimum Gasteiger partial charge on any atom is -0.329 e. The number of aryl methyl sites for hydroxylation is 1. The first-order valence-corrected chi connectivity index (χ1v) is 5.99. The first-order valence-electron chi connectivity index (χ1n) is 5.99. The van der Waals surface area contributed by atoms with Crippen LogP contribution in [0.2, 0.25) is 0 Å². The van der Waals surface area contributed by atoms with Gasteiger partial charge in [-0.1, -0.05) is 23.8 Å². The normalized spacial score (nSPS) is 21.2. The third-order valence-corrected chi connectivity index (χ3v) is 3.46. The van der Waals surface area contributed by atoms with Crippen LogP contribution in [0, 0.1) is 6.92 Å². The van der Waals surface area contributed by atoms with Crippen LogP contribution in [0.3, 0.4) is 0 Å². The molecule has 0 fully saturated rings. The van der Waals surface area contributed by atoms with Gasteiger partial charge in [-0.3, -0.25) is 4.90 Å². The number of hydrogen-bond acceptors (Lipinski definition) is 2. The molecule has 0 amide bonds. The average Bonchev–Trinajstić information content (AvgIpc) is 2.54. The van der Waals surface area contributed by atoms with Gasteiger partial charge >= 0.3 is 0 Å². The van der Waals surface area contributed by atoms with Gasteiger partial charge in [-0.2, -0.15) is 0 Å². The van der Waals surface area contributed by atoms with Gasteiger partial charge in [0.25, 0.3) is 0 Å². The third kappa shape index (κ3) is 1.87. The summed E-state index contributed by atoms with van der Waals surface area (Å²) in [5, 5.41) is 0. The van der Waals surface area contributed by atoms with E-state index in [0.29, 0.717) is 12.6 Å². The number of rotatable bonds is 1. The van der Waals surface area contributed by atoms with Crippen molar-refractivity contribution >= 4 is 0 Å². The molecule has 0 aromatic heterocycles. The Labute approximate surface area is 98.4 Å². The van der Waals surface area contributed by atoms with Gasteiger partial charge in [0.1, 0.15) is 0 Å². The number of nitrogens with zero attached hydrogens (tertiary/aromatic N) is 1. The second-order valence-electron chi connectivity index (χ2n) is 5.75. The van der Waals surface area contributed by atoms with E-state index in [-0.39, 0.29) is 5.54 Å². The maximum atomic E-state index is 5.94. The first kappa shape index (κ1) is 11.6. The molecule has 1 aliphatic rings. The maximum Gasteiger partial charge on any atom is 0.0482 e. The molecule has 0 spiro atoms. The fraction of sp³-hybridized carbons (Fsp3) is 0.571. The zero-order valence-corrected chi connectivity index (χ0v) is 10.7. The Kier molecular flexibility index (Phi) is 2.81. The topological polar surface area (TPSA) is 29.3 Å². The van der Waals surface area contributed by atoms with Crippen LogP contribution in [0.4, 0.5) is 0 Å². The third-order valence-electron chi connectivity index (χ3n) is 3.46. The van der Waals surface area contributed by atoms with Crippen molar-refractivity contribution in [2.45, 2.75) is 45.8 Å². The summed E-state index contributed by atoms with van der Waals surface area (Å²) in [6.45, 7) is 10.7. The largest absolute Gasteiger partial charge is 0.329 e. The number of nitrogens with two attached hydrogens (primary N) is 1. The highest BCUT2D eigenvalue weighted by molar-refractivity contribution is 5.38. The Morgan fingerprint density at radius 2 is 2.06 bits per heavy atom. The Morgan fingerprint density at radius 1 is 1.38 bits per heavy atom. The molecule has 0 bridgehead atoms. The van der Waals surface area contributed by atoms with Crippen molar-refractivity contribution in [3.05, 3.63) is 34.9 Å². The van der Waals surface area contributed by atoms with Crippen LogP contribution in [0.1, 0.15) is 43.5 Å². The molecular weight excluding hydrogens is 196 g/mol. The van der Waals surface area contributed by atoms with Crippen LogP contribution in [-0.4, -0.2) is 17.0 Å². The average molecular weight is 218 g/mol. The smallest absolute Gasteiger partial charge is 0.0482 e. The Bertz CT molecular complexity index is 390. The number of fused-ring (bicyclic) bond motifs is 1. The summed E-state index contributed by atoms with van der Waals surface area (Å²) >= 11 is 0. The molecule has 88 valence electrons. The molecule has 1 aliphatic heterocycles. The lowest BCUT2D eigenvalue weighted by Gasteiger charge is -2.36. The van der Waals surface area contributed by atoms with Crippen molar-refractivity contribution in [3.8, 4) is 0 Å². The summed E-state index contributed by atoms with van der Waals surface area (Å²) in [5.41, 5.74) is 10.3. The van der Waals surface area contributed by atoms with Gasteiger partial charge in [0.15, 0.2) is 0 Å². The molecule has 16 heavy (non-hydrogen) atoms. The fourth-order valence-corrected chi connectivity index (χ4v) is 2.59. The highest BCUT2D eigenvalue weighted by Crippen LogP contribution is 2.38. The predicted molar refractivity (Wildman–Crippen MR) is 68.3 cm³/mol. The van der Waals surface area contributed by atoms with Gasteiger partial charge in [-0.15, -0.1) is 0 Å². The number of hydrogen-bond donors (Lipinski definition) is 1. The van der Waals surface area contributed by atoms with Crippen LogP contribution in [0.5, 0.6) is 0 Å². The van der Waals surface area contributed by atoms with E-state index in [1.165, 1.54) is 16.7 Å². The summed E-state index contributed by atoms with van der Waals surface area (Å²) in [5.74, 6) is 0. The van der Waals surface area contributed by atoms with Gasteiger partial charge in [-0.05, 0) is 38.8 Å². The van der Waals surface area contributed by atoms with E-state index in [1.54, 1.807) is 0 Å². The zero-order chi connectivity index (χ0) is 11.9. The first-order chi connectivity index (χ1) is 7.43. The lowest BCUT2D eigenvalue weighted by molar-refractivity contribution is 0.0948. The minimum atomic E-state index is 0.178. The molecule has 0 saturated carbocycles. The van der Waals surface area contributed by atoms with Gasteiger partial charge < -0.3 is 5.73 Å². The van der Waals surface area contributed by atoms with Crippen molar-refractivity contribution in [3.63, 3.8) is 0 Å². The Morgan fingerprint density at radius 3 is 2.62 bits per heavy atom. The van der Waals surface area contributed by atoms with Crippen LogP contribution in [0.25, 0.3) is 0 Å². The van der Waals surface area contributed by atoms with E-state index in [4.69, 9.17) is 5.73 Å². The minimum absolute atomic E-state index is 0.178. The van der Waals surface area contributed by atoms with Crippen molar-refractivity contribution < 1.29 is 0 Å². The molecule has 1 atom stereocenters. The van der Waals surface area contributed by atoms with E-state index in [2.05, 4.69) is 50.8 Å². The van der Waals surface area contributed by atoms with E-state index >= 15 is 0 Å². The molecule has 2 N–H and O–H groups in total. The van der Waals surface area contributed by atoms with Crippen molar-refractivity contribution in [1.82, 2.24) is 4.90 Å². The summed E-state index contributed by atoms with van der Waals surface area (Å²) in [4.78, 5) is 2.50. The molecule has 0 aliphatic carbocycles. The molecule has 0 radical (unpaired) electrons. The quantitative estimate of drug-likeness (QED) is 0.785. The zero-order valence-electron chi connectivity index (χ0n) is 10.7. The predicted octanol–water partition coefficient (Wildman–Crippen LogP) is 2.61. The molecule has 1 heterocycles. The molecular formula is C14H22N2. The summed E-state index contributed by atoms with van der Waals surface area (Å²) in [6.07, 6.45) is 0. The Hall–Kier alpha value is -0.860. The number of benzene rings is 1. The van der Waals surface area contributed by atoms with Crippen molar-refractivity contribution in [2.24, 2.45) is 5.73 Å². The summed E-state index contributed by atoms with van der Waals surface area (Å²) in [7, 11) is 0. The monoisotopic (exact) mass is 218 g/mol. The van der Waals surface area contributed by atoms with Gasteiger partial charge in [-0.25, -0.2) is 0 Å². The molecule has 1 aromatic rings. The van der Waals surface area contributed by atoms with Gasteiger partial charge in [0.2, 0.25) is 0 Å². The fourth-order valence-electron chi connectivity index (χ4n) is 2.59. The highest BCUT2D eigenvalue weighted by Gasteiger charge is 2.35. The van der Waals surface area contributed by atoms with Crippen LogP contribution in [0.15, 0.2) is 18.2 Å². The molecule has 0 saturated heterocycles. The van der Waals surface area contributed by atoms with E-state index in [1.807, 2.05) is 0 Å². The van der Waals surface area contributed by atoms with Gasteiger partial charge in [0.05, 0.1) is 0 Å². The van der Waals surface area contributed by atoms with Crippen LogP contribution in [-0.2, 0) is 6.54 Å². The van der Waals surface area contributed by atoms with Gasteiger partial charge in [0, 0.05) is 24.7 Å². The molecule has 2 heteroatoms. The van der Waals surface area contributed by atoms with E-state index < -0.39 is 0 Å². The molecule has 2 nitrogen and oxygen atoms in total. The lowest BCUT2D eigenvalue weighted by atomic mass is 10.0. The maximum absolute atomic E-state index is 5.94. The molecule has 1 aromatic carbocycles. The molecule has 1 unspecified atom stereocenters. The second-order valence-corrected chi connectivity index (χ2v) is 5.75. The summed E-state index contributed by atoms with van der Waals surface area (Å²) in [6, 6.07) is 7.12. The summed E-state index contributed by atoms with van der Waals surface area (Å²) < 4.78 is 0. The highest BCUT2D eigenvalue weighted by atomic mass is 15.2. The van der Waals surface area contributed by atoms with E-state index in [0.717, 1.165) is 6.54 Å². The van der Waals surface area contributed by atoms with Crippen LogP contribution >= 0.6 is 0 Å². The van der Waals surface area contributed by atoms with Crippen molar-refractivity contribution in [2.75, 3.05) is 6.54 Å². The SMILES string of the molecule is Cc1ccc2c(c1)C(CN)N(C(C)(C)C)C2. The van der Waals surface area contributed by atoms with E-state index in [9.17, 15) is 0 Å². The Balaban J connectivity index is 2.41. The van der Waals surface area contributed by atoms with Crippen LogP contribution < -0.4 is 5.73 Å². The lowest BCUT2D eigenvalue weighted by Crippen LogP contribution is -2.42. The van der Waals surface area contributed by atoms with Crippen molar-refractivity contribution in [1.29, 1.82) is 0 Å². The standard InChI is InChI=1S/C14H22N2/c1-10-5-6-11-9-16(14(2,3)4)13(8-15)12(11)7-10/h5-7,13H,8-9,15H2,1-4H3.